The van der Waals surface area contributed by atoms with Crippen LogP contribution in [-0.4, -0.2) is 47.5 Å². The summed E-state index contributed by atoms with van der Waals surface area (Å²) in [5, 5.41) is 20.0. The number of nitrogens with zero attached hydrogens (tertiary/aromatic N) is 2. The third kappa shape index (κ3) is 3.64. The van der Waals surface area contributed by atoms with Crippen LogP contribution < -0.4 is 15.0 Å². The van der Waals surface area contributed by atoms with Gasteiger partial charge in [0.1, 0.15) is 5.75 Å². The van der Waals surface area contributed by atoms with Gasteiger partial charge in [0, 0.05) is 41.5 Å². The second-order valence-corrected chi connectivity index (χ2v) is 7.74. The van der Waals surface area contributed by atoms with Gasteiger partial charge in [-0.05, 0) is 61.9 Å². The van der Waals surface area contributed by atoms with Crippen LogP contribution in [0.25, 0.3) is 11.3 Å². The van der Waals surface area contributed by atoms with Gasteiger partial charge in [0.2, 0.25) is 0 Å². The molecule has 1 aliphatic rings. The molecule has 0 radical (unpaired) electrons. The average molecular weight is 406 g/mol. The standard InChI is InChI=1S/C23H26N4O3/c1-14(2)27-12-16(13-28)19-10-15(11-20(22(19)27)21-8-9-24-26-21)23(29)25-17-4-6-18(30-3)7-5-17/h4-11,14,16,28H,12-13H2,1-3H3,(H,24,26)(H,25,29). The lowest BCUT2D eigenvalue weighted by Gasteiger charge is -2.26. The van der Waals surface area contributed by atoms with E-state index in [1.54, 1.807) is 37.6 Å². The van der Waals surface area contributed by atoms with Gasteiger partial charge >= 0.3 is 0 Å². The van der Waals surface area contributed by atoms with Crippen LogP contribution in [0.2, 0.25) is 0 Å². The van der Waals surface area contributed by atoms with Crippen molar-refractivity contribution in [2.24, 2.45) is 0 Å². The quantitative estimate of drug-likeness (QED) is 0.581. The summed E-state index contributed by atoms with van der Waals surface area (Å²) in [6.45, 7) is 5.01. The molecular weight excluding hydrogens is 380 g/mol. The number of methoxy groups -OCH3 is 1. The van der Waals surface area contributed by atoms with E-state index in [0.717, 1.165) is 28.3 Å². The summed E-state index contributed by atoms with van der Waals surface area (Å²) in [6.07, 6.45) is 1.70. The van der Waals surface area contributed by atoms with Crippen molar-refractivity contribution >= 4 is 17.3 Å². The van der Waals surface area contributed by atoms with Crippen molar-refractivity contribution in [2.45, 2.75) is 25.8 Å². The van der Waals surface area contributed by atoms with E-state index in [1.807, 2.05) is 18.2 Å². The number of anilines is 2. The van der Waals surface area contributed by atoms with E-state index in [4.69, 9.17) is 4.74 Å². The molecule has 3 aromatic rings. The van der Waals surface area contributed by atoms with Crippen molar-refractivity contribution in [1.82, 2.24) is 10.2 Å². The average Bonchev–Trinajstić information content (AvgIpc) is 3.41. The lowest BCUT2D eigenvalue weighted by atomic mass is 9.95. The Morgan fingerprint density at radius 3 is 2.67 bits per heavy atom. The number of aliphatic hydroxyl groups is 1. The Morgan fingerprint density at radius 1 is 1.30 bits per heavy atom. The summed E-state index contributed by atoms with van der Waals surface area (Å²) >= 11 is 0. The van der Waals surface area contributed by atoms with Crippen molar-refractivity contribution in [1.29, 1.82) is 0 Å². The molecule has 7 nitrogen and oxygen atoms in total. The van der Waals surface area contributed by atoms with Gasteiger partial charge in [-0.3, -0.25) is 9.89 Å². The zero-order valence-corrected chi connectivity index (χ0v) is 17.3. The normalized spacial score (nSPS) is 15.4. The number of aromatic amines is 1. The second-order valence-electron chi connectivity index (χ2n) is 7.74. The Kier molecular flexibility index (Phi) is 5.46. The van der Waals surface area contributed by atoms with E-state index in [2.05, 4.69) is 34.3 Å². The van der Waals surface area contributed by atoms with E-state index in [-0.39, 0.29) is 24.5 Å². The molecule has 0 aliphatic carbocycles. The molecule has 2 aromatic carbocycles. The van der Waals surface area contributed by atoms with E-state index >= 15 is 0 Å². The fourth-order valence-electron chi connectivity index (χ4n) is 3.96. The van der Waals surface area contributed by atoms with Crippen LogP contribution in [0.5, 0.6) is 5.75 Å². The first kappa shape index (κ1) is 20.0. The number of fused-ring (bicyclic) bond motifs is 1. The number of H-pyrrole nitrogens is 1. The van der Waals surface area contributed by atoms with Gasteiger partial charge in [0.15, 0.2) is 0 Å². The lowest BCUT2D eigenvalue weighted by Crippen LogP contribution is -2.30. The summed E-state index contributed by atoms with van der Waals surface area (Å²) in [5.41, 5.74) is 5.02. The highest BCUT2D eigenvalue weighted by molar-refractivity contribution is 6.06. The van der Waals surface area contributed by atoms with Crippen LogP contribution in [-0.2, 0) is 0 Å². The zero-order chi connectivity index (χ0) is 21.3. The molecule has 4 rings (SSSR count). The summed E-state index contributed by atoms with van der Waals surface area (Å²) in [5.74, 6) is 0.479. The zero-order valence-electron chi connectivity index (χ0n) is 17.3. The van der Waals surface area contributed by atoms with Gasteiger partial charge in [0.05, 0.1) is 25.1 Å². The Balaban J connectivity index is 1.76. The number of hydrogen-bond acceptors (Lipinski definition) is 5. The summed E-state index contributed by atoms with van der Waals surface area (Å²) in [7, 11) is 1.60. The first-order chi connectivity index (χ1) is 14.5. The number of rotatable bonds is 6. The predicted octanol–water partition coefficient (Wildman–Crippen LogP) is 3.64. The fourth-order valence-corrected chi connectivity index (χ4v) is 3.96. The van der Waals surface area contributed by atoms with Gasteiger partial charge in [-0.25, -0.2) is 0 Å². The molecule has 0 saturated carbocycles. The van der Waals surface area contributed by atoms with Gasteiger partial charge in [-0.15, -0.1) is 0 Å². The van der Waals surface area contributed by atoms with Crippen LogP contribution in [0.3, 0.4) is 0 Å². The molecule has 156 valence electrons. The highest BCUT2D eigenvalue weighted by Crippen LogP contribution is 2.44. The van der Waals surface area contributed by atoms with Gasteiger partial charge in [0.25, 0.3) is 5.91 Å². The van der Waals surface area contributed by atoms with E-state index in [9.17, 15) is 9.90 Å². The third-order valence-corrected chi connectivity index (χ3v) is 5.53. The van der Waals surface area contributed by atoms with Gasteiger partial charge in [-0.1, -0.05) is 0 Å². The van der Waals surface area contributed by atoms with Crippen molar-refractivity contribution in [2.75, 3.05) is 30.5 Å². The predicted molar refractivity (Wildman–Crippen MR) is 117 cm³/mol. The Hall–Kier alpha value is -3.32. The molecule has 2 heterocycles. The van der Waals surface area contributed by atoms with E-state index < -0.39 is 0 Å². The van der Waals surface area contributed by atoms with Crippen molar-refractivity contribution in [3.8, 4) is 17.0 Å². The van der Waals surface area contributed by atoms with Gasteiger partial charge < -0.3 is 20.1 Å². The highest BCUT2D eigenvalue weighted by atomic mass is 16.5. The number of carbonyl (C=O) groups excluding carboxylic acids is 1. The number of aromatic nitrogens is 2. The van der Waals surface area contributed by atoms with Crippen LogP contribution >= 0.6 is 0 Å². The van der Waals surface area contributed by atoms with E-state index in [0.29, 0.717) is 17.8 Å². The van der Waals surface area contributed by atoms with Crippen LogP contribution in [0.4, 0.5) is 11.4 Å². The number of benzene rings is 2. The number of carbonyl (C=O) groups is 1. The number of ether oxygens (including phenoxy) is 1. The second kappa shape index (κ2) is 8.20. The topological polar surface area (TPSA) is 90.5 Å². The minimum absolute atomic E-state index is 0.0299. The first-order valence-corrected chi connectivity index (χ1v) is 10.0. The molecule has 7 heteroatoms. The van der Waals surface area contributed by atoms with Gasteiger partial charge in [-0.2, -0.15) is 5.10 Å². The largest absolute Gasteiger partial charge is 0.497 e. The molecule has 1 aromatic heterocycles. The molecule has 3 N–H and O–H groups in total. The monoisotopic (exact) mass is 406 g/mol. The molecule has 0 spiro atoms. The molecule has 30 heavy (non-hydrogen) atoms. The maximum Gasteiger partial charge on any atom is 0.255 e. The first-order valence-electron chi connectivity index (χ1n) is 10.0. The molecular formula is C23H26N4O3. The van der Waals surface area contributed by atoms with Crippen LogP contribution in [0, 0.1) is 0 Å². The third-order valence-electron chi connectivity index (χ3n) is 5.53. The van der Waals surface area contributed by atoms with Crippen LogP contribution in [0.15, 0.2) is 48.7 Å². The maximum atomic E-state index is 13.1. The lowest BCUT2D eigenvalue weighted by molar-refractivity contribution is 0.102. The number of hydrogen-bond donors (Lipinski definition) is 3. The summed E-state index contributed by atoms with van der Waals surface area (Å²) in [4.78, 5) is 15.3. The number of aliphatic hydroxyl groups excluding tert-OH is 1. The molecule has 0 bridgehead atoms. The molecule has 1 amide bonds. The minimum atomic E-state index is -0.205. The van der Waals surface area contributed by atoms with E-state index in [1.165, 1.54) is 0 Å². The Labute approximate surface area is 175 Å². The molecule has 0 saturated heterocycles. The Morgan fingerprint density at radius 2 is 2.07 bits per heavy atom. The fraction of sp³-hybridized carbons (Fsp3) is 0.304. The van der Waals surface area contributed by atoms with Crippen molar-refractivity contribution in [3.63, 3.8) is 0 Å². The smallest absolute Gasteiger partial charge is 0.255 e. The summed E-state index contributed by atoms with van der Waals surface area (Å²) in [6, 6.07) is 13.2. The summed E-state index contributed by atoms with van der Waals surface area (Å²) < 4.78 is 5.17. The molecule has 1 aliphatic heterocycles. The number of amides is 1. The molecule has 1 atom stereocenters. The maximum absolute atomic E-state index is 13.1. The SMILES string of the molecule is COc1ccc(NC(=O)c2cc(-c3ccn[nH]3)c3c(c2)C(CO)CN3C(C)C)cc1. The molecule has 1 unspecified atom stereocenters. The number of nitrogens with one attached hydrogen (secondary N) is 2. The minimum Gasteiger partial charge on any atom is -0.497 e. The molecule has 0 fully saturated rings. The van der Waals surface area contributed by atoms with Crippen molar-refractivity contribution in [3.05, 3.63) is 59.8 Å². The Bertz CT molecular complexity index is 1030. The van der Waals surface area contributed by atoms with Crippen LogP contribution in [0.1, 0.15) is 35.7 Å². The highest BCUT2D eigenvalue weighted by Gasteiger charge is 2.33. The van der Waals surface area contributed by atoms with Crippen molar-refractivity contribution < 1.29 is 14.6 Å².